The van der Waals surface area contributed by atoms with Gasteiger partial charge in [0.25, 0.3) is 5.91 Å². The number of aromatic nitrogens is 2. The Kier molecular flexibility index (Phi) is 5.09. The first-order chi connectivity index (χ1) is 12.1. The first-order valence-electron chi connectivity index (χ1n) is 7.74. The van der Waals surface area contributed by atoms with E-state index in [-0.39, 0.29) is 5.91 Å². The molecule has 2 aromatic heterocycles. The Morgan fingerprint density at radius 2 is 1.84 bits per heavy atom. The van der Waals surface area contributed by atoms with Crippen molar-refractivity contribution in [3.63, 3.8) is 0 Å². The van der Waals surface area contributed by atoms with Crippen LogP contribution in [0, 0.1) is 13.8 Å². The van der Waals surface area contributed by atoms with E-state index < -0.39 is 0 Å². The number of benzene rings is 1. The Morgan fingerprint density at radius 1 is 1.16 bits per heavy atom. The number of nitrogens with one attached hydrogen (secondary N) is 1. The molecule has 3 aromatic rings. The molecule has 0 saturated heterocycles. The molecule has 0 aliphatic heterocycles. The third-order valence-corrected chi connectivity index (χ3v) is 4.40. The monoisotopic (exact) mass is 396 g/mol. The van der Waals surface area contributed by atoms with Crippen LogP contribution in [0.1, 0.15) is 27.3 Å². The van der Waals surface area contributed by atoms with Crippen LogP contribution in [-0.4, -0.2) is 21.7 Å². The van der Waals surface area contributed by atoms with Gasteiger partial charge in [0.05, 0.1) is 6.21 Å². The summed E-state index contributed by atoms with van der Waals surface area (Å²) in [6.45, 7) is 4.07. The molecule has 0 spiro atoms. The minimum Gasteiger partial charge on any atom is -0.318 e. The fourth-order valence-corrected chi connectivity index (χ4v) is 2.90. The molecule has 2 heterocycles. The van der Waals surface area contributed by atoms with E-state index in [1.54, 1.807) is 30.7 Å². The molecule has 1 aromatic carbocycles. The van der Waals surface area contributed by atoms with Gasteiger partial charge in [0, 0.05) is 45.1 Å². The highest BCUT2D eigenvalue weighted by Gasteiger charge is 2.09. The number of halogens is 1. The maximum Gasteiger partial charge on any atom is 0.271 e. The Morgan fingerprint density at radius 3 is 2.52 bits per heavy atom. The van der Waals surface area contributed by atoms with Crippen molar-refractivity contribution in [2.24, 2.45) is 5.10 Å². The van der Waals surface area contributed by atoms with Gasteiger partial charge in [0.1, 0.15) is 0 Å². The average molecular weight is 397 g/mol. The molecule has 0 atom stereocenters. The average Bonchev–Trinajstić information content (AvgIpc) is 2.90. The second-order valence-corrected chi connectivity index (χ2v) is 6.49. The molecule has 0 aliphatic rings. The van der Waals surface area contributed by atoms with Crippen LogP contribution in [0.3, 0.4) is 0 Å². The van der Waals surface area contributed by atoms with Crippen molar-refractivity contribution in [1.82, 2.24) is 15.0 Å². The lowest BCUT2D eigenvalue weighted by Crippen LogP contribution is -2.17. The minimum absolute atomic E-state index is 0.264. The molecule has 6 heteroatoms. The predicted molar refractivity (Wildman–Crippen MR) is 102 cm³/mol. The van der Waals surface area contributed by atoms with Crippen molar-refractivity contribution < 1.29 is 4.79 Å². The maximum absolute atomic E-state index is 12.0. The fourth-order valence-electron chi connectivity index (χ4n) is 2.63. The van der Waals surface area contributed by atoms with E-state index >= 15 is 0 Å². The Labute approximate surface area is 154 Å². The molecule has 0 unspecified atom stereocenters. The lowest BCUT2D eigenvalue weighted by atomic mass is 10.2. The lowest BCUT2D eigenvalue weighted by Gasteiger charge is -2.09. The van der Waals surface area contributed by atoms with Gasteiger partial charge in [0.2, 0.25) is 0 Å². The smallest absolute Gasteiger partial charge is 0.271 e. The zero-order chi connectivity index (χ0) is 17.8. The molecule has 0 radical (unpaired) electrons. The third-order valence-electron chi connectivity index (χ3n) is 3.87. The van der Waals surface area contributed by atoms with E-state index in [2.05, 4.69) is 48.1 Å². The molecule has 5 nitrogen and oxygen atoms in total. The predicted octanol–water partition coefficient (Wildman–Crippen LogP) is 4.02. The van der Waals surface area contributed by atoms with Gasteiger partial charge in [-0.05, 0) is 56.3 Å². The molecular formula is C19H17BrN4O. The molecule has 0 aliphatic carbocycles. The Hall–Kier alpha value is -2.73. The maximum atomic E-state index is 12.0. The van der Waals surface area contributed by atoms with E-state index in [1.165, 1.54) is 0 Å². The largest absolute Gasteiger partial charge is 0.318 e. The number of hydrogen-bond acceptors (Lipinski definition) is 3. The summed E-state index contributed by atoms with van der Waals surface area (Å²) in [5, 5.41) is 4.08. The summed E-state index contributed by atoms with van der Waals surface area (Å²) in [7, 11) is 0. The molecule has 1 amide bonds. The molecule has 126 valence electrons. The van der Waals surface area contributed by atoms with E-state index in [0.29, 0.717) is 5.56 Å². The summed E-state index contributed by atoms with van der Waals surface area (Å²) < 4.78 is 3.19. The van der Waals surface area contributed by atoms with Crippen molar-refractivity contribution in [2.75, 3.05) is 0 Å². The van der Waals surface area contributed by atoms with E-state index in [0.717, 1.165) is 27.1 Å². The summed E-state index contributed by atoms with van der Waals surface area (Å²) in [5.74, 6) is -0.264. The molecule has 0 bridgehead atoms. The second kappa shape index (κ2) is 7.44. The molecule has 0 fully saturated rings. The number of rotatable bonds is 4. The number of amides is 1. The summed E-state index contributed by atoms with van der Waals surface area (Å²) in [6.07, 6.45) is 4.81. The number of carbonyl (C=O) groups excluding carboxylic acids is 1. The van der Waals surface area contributed by atoms with Crippen LogP contribution in [0.5, 0.6) is 0 Å². The van der Waals surface area contributed by atoms with Crippen molar-refractivity contribution in [1.29, 1.82) is 0 Å². The van der Waals surface area contributed by atoms with Crippen LogP contribution < -0.4 is 5.43 Å². The number of hydrazone groups is 1. The van der Waals surface area contributed by atoms with E-state index in [1.807, 2.05) is 32.0 Å². The van der Waals surface area contributed by atoms with E-state index in [4.69, 9.17) is 0 Å². The van der Waals surface area contributed by atoms with Gasteiger partial charge in [-0.25, -0.2) is 5.43 Å². The van der Waals surface area contributed by atoms with Crippen LogP contribution in [-0.2, 0) is 0 Å². The van der Waals surface area contributed by atoms with Crippen LogP contribution in [0.25, 0.3) is 5.69 Å². The molecule has 1 N–H and O–H groups in total. The molecular weight excluding hydrogens is 380 g/mol. The Bertz CT molecular complexity index is 915. The highest BCUT2D eigenvalue weighted by molar-refractivity contribution is 9.10. The summed E-state index contributed by atoms with van der Waals surface area (Å²) >= 11 is 3.45. The quantitative estimate of drug-likeness (QED) is 0.534. The van der Waals surface area contributed by atoms with Crippen LogP contribution in [0.2, 0.25) is 0 Å². The third kappa shape index (κ3) is 3.85. The van der Waals surface area contributed by atoms with E-state index in [9.17, 15) is 4.79 Å². The molecule has 3 rings (SSSR count). The summed E-state index contributed by atoms with van der Waals surface area (Å²) in [5.41, 5.74) is 7.25. The van der Waals surface area contributed by atoms with Crippen molar-refractivity contribution in [3.8, 4) is 5.69 Å². The number of aryl methyl sites for hydroxylation is 1. The zero-order valence-electron chi connectivity index (χ0n) is 13.9. The van der Waals surface area contributed by atoms with Crippen molar-refractivity contribution in [2.45, 2.75) is 13.8 Å². The number of pyridine rings is 1. The normalized spacial score (nSPS) is 11.0. The fraction of sp³-hybridized carbons (Fsp3) is 0.105. The van der Waals surface area contributed by atoms with Crippen molar-refractivity contribution in [3.05, 3.63) is 81.8 Å². The number of hydrogen-bond donors (Lipinski definition) is 1. The van der Waals surface area contributed by atoms with Gasteiger partial charge in [-0.3, -0.25) is 9.78 Å². The summed E-state index contributed by atoms with van der Waals surface area (Å²) in [6, 6.07) is 13.5. The SMILES string of the molecule is Cc1cc(/C=N\NC(=O)c2ccncc2)c(C)n1-c1ccc(Br)cc1. The standard InChI is InChI=1S/C19H17BrN4O/c1-13-11-16(12-22-23-19(25)15-7-9-21-10-8-15)14(2)24(13)18-5-3-17(20)4-6-18/h3-12H,1-2H3,(H,23,25)/b22-12-. The first kappa shape index (κ1) is 17.1. The second-order valence-electron chi connectivity index (χ2n) is 5.57. The van der Waals surface area contributed by atoms with Crippen LogP contribution >= 0.6 is 15.9 Å². The van der Waals surface area contributed by atoms with Gasteiger partial charge in [0.15, 0.2) is 0 Å². The van der Waals surface area contributed by atoms with Crippen LogP contribution in [0.15, 0.2) is 64.4 Å². The Balaban J connectivity index is 1.79. The van der Waals surface area contributed by atoms with Gasteiger partial charge in [-0.2, -0.15) is 5.10 Å². The topological polar surface area (TPSA) is 59.3 Å². The van der Waals surface area contributed by atoms with Gasteiger partial charge < -0.3 is 4.57 Å². The highest BCUT2D eigenvalue weighted by Crippen LogP contribution is 2.21. The summed E-state index contributed by atoms with van der Waals surface area (Å²) in [4.78, 5) is 15.9. The van der Waals surface area contributed by atoms with Crippen LogP contribution in [0.4, 0.5) is 0 Å². The lowest BCUT2D eigenvalue weighted by molar-refractivity contribution is 0.0955. The van der Waals surface area contributed by atoms with Gasteiger partial charge in [-0.15, -0.1) is 0 Å². The van der Waals surface area contributed by atoms with Gasteiger partial charge in [-0.1, -0.05) is 15.9 Å². The minimum atomic E-state index is -0.264. The molecule has 25 heavy (non-hydrogen) atoms. The molecule has 0 saturated carbocycles. The number of carbonyl (C=O) groups is 1. The highest BCUT2D eigenvalue weighted by atomic mass is 79.9. The number of nitrogens with zero attached hydrogens (tertiary/aromatic N) is 3. The zero-order valence-corrected chi connectivity index (χ0v) is 15.5. The van der Waals surface area contributed by atoms with Crippen molar-refractivity contribution >= 4 is 28.1 Å². The van der Waals surface area contributed by atoms with Gasteiger partial charge >= 0.3 is 0 Å². The first-order valence-corrected chi connectivity index (χ1v) is 8.54.